The Kier molecular flexibility index (Phi) is 8.36. The van der Waals surface area contributed by atoms with Gasteiger partial charge in [-0.15, -0.1) is 0 Å². The standard InChI is InChI=1S/C30H37F3N4O/c31-30(32,33)25-10-7-23(8-11-25)9-12-29(38)37(27-14-19-35(20-15-27)26-5-1-2-6-26)22-24-13-16-34-28(21-24)36-17-3-4-18-36/h7-13,16,21,26-27H,1-6,14-15,17-20,22H2. The monoisotopic (exact) mass is 526 g/mol. The molecule has 0 unspecified atom stereocenters. The van der Waals surface area contributed by atoms with Crippen LogP contribution in [0.15, 0.2) is 48.7 Å². The minimum atomic E-state index is -4.37. The first kappa shape index (κ1) is 26.7. The van der Waals surface area contributed by atoms with Gasteiger partial charge in [0.2, 0.25) is 5.91 Å². The second-order valence-corrected chi connectivity index (χ2v) is 10.8. The van der Waals surface area contributed by atoms with Crippen LogP contribution in [-0.4, -0.2) is 59.0 Å². The number of piperidine rings is 1. The molecule has 3 aliphatic rings. The summed E-state index contributed by atoms with van der Waals surface area (Å²) >= 11 is 0. The minimum Gasteiger partial charge on any atom is -0.357 e. The third kappa shape index (κ3) is 6.57. The lowest BCUT2D eigenvalue weighted by atomic mass is 9.99. The smallest absolute Gasteiger partial charge is 0.357 e. The number of amides is 1. The van der Waals surface area contributed by atoms with Crippen LogP contribution in [-0.2, 0) is 17.5 Å². The fourth-order valence-electron chi connectivity index (χ4n) is 6.14. The Morgan fingerprint density at radius 2 is 1.63 bits per heavy atom. The van der Waals surface area contributed by atoms with Crippen LogP contribution in [0.3, 0.4) is 0 Å². The van der Waals surface area contributed by atoms with E-state index in [1.807, 2.05) is 17.2 Å². The van der Waals surface area contributed by atoms with E-state index in [0.29, 0.717) is 18.2 Å². The summed E-state index contributed by atoms with van der Waals surface area (Å²) in [6.07, 6.45) is 9.96. The number of anilines is 1. The van der Waals surface area contributed by atoms with E-state index in [9.17, 15) is 18.0 Å². The summed E-state index contributed by atoms with van der Waals surface area (Å²) in [5, 5.41) is 0. The zero-order valence-electron chi connectivity index (χ0n) is 21.9. The third-order valence-electron chi connectivity index (χ3n) is 8.31. The highest BCUT2D eigenvalue weighted by Gasteiger charge is 2.32. The molecule has 1 saturated carbocycles. The van der Waals surface area contributed by atoms with Crippen molar-refractivity contribution >= 4 is 17.8 Å². The van der Waals surface area contributed by atoms with Gasteiger partial charge >= 0.3 is 6.18 Å². The van der Waals surface area contributed by atoms with E-state index < -0.39 is 11.7 Å². The number of aromatic nitrogens is 1. The van der Waals surface area contributed by atoms with E-state index in [0.717, 1.165) is 62.5 Å². The lowest BCUT2D eigenvalue weighted by Crippen LogP contribution is -2.48. The largest absolute Gasteiger partial charge is 0.416 e. The zero-order valence-corrected chi connectivity index (χ0v) is 21.9. The van der Waals surface area contributed by atoms with E-state index >= 15 is 0 Å². The number of hydrogen-bond donors (Lipinski definition) is 0. The minimum absolute atomic E-state index is 0.108. The van der Waals surface area contributed by atoms with Gasteiger partial charge in [-0.2, -0.15) is 13.2 Å². The highest BCUT2D eigenvalue weighted by atomic mass is 19.4. The van der Waals surface area contributed by atoms with Crippen LogP contribution in [0.5, 0.6) is 0 Å². The van der Waals surface area contributed by atoms with E-state index in [-0.39, 0.29) is 11.9 Å². The number of halogens is 3. The van der Waals surface area contributed by atoms with Gasteiger partial charge in [-0.05, 0) is 80.0 Å². The van der Waals surface area contributed by atoms with Gasteiger partial charge in [-0.1, -0.05) is 25.0 Å². The molecule has 5 nitrogen and oxygen atoms in total. The van der Waals surface area contributed by atoms with Gasteiger partial charge in [0, 0.05) is 57.1 Å². The number of alkyl halides is 3. The van der Waals surface area contributed by atoms with E-state index in [4.69, 9.17) is 0 Å². The molecule has 1 amide bonds. The fraction of sp³-hybridized carbons (Fsp3) is 0.533. The molecule has 1 aromatic carbocycles. The number of nitrogens with zero attached hydrogens (tertiary/aromatic N) is 4. The molecular formula is C30H37F3N4O. The zero-order chi connectivity index (χ0) is 26.5. The third-order valence-corrected chi connectivity index (χ3v) is 8.31. The number of carbonyl (C=O) groups is 1. The van der Waals surface area contributed by atoms with Crippen molar-refractivity contribution in [2.75, 3.05) is 31.1 Å². The lowest BCUT2D eigenvalue weighted by molar-refractivity contribution is -0.137. The highest BCUT2D eigenvalue weighted by Crippen LogP contribution is 2.30. The topological polar surface area (TPSA) is 39.7 Å². The van der Waals surface area contributed by atoms with Crippen molar-refractivity contribution in [1.29, 1.82) is 0 Å². The second kappa shape index (κ2) is 11.9. The molecule has 2 saturated heterocycles. The molecule has 8 heteroatoms. The quantitative estimate of drug-likeness (QED) is 0.406. The maximum Gasteiger partial charge on any atom is 0.416 e. The molecular weight excluding hydrogens is 489 g/mol. The van der Waals surface area contributed by atoms with Crippen LogP contribution in [0.25, 0.3) is 6.08 Å². The predicted octanol–water partition coefficient (Wildman–Crippen LogP) is 6.15. The highest BCUT2D eigenvalue weighted by molar-refractivity contribution is 5.92. The van der Waals surface area contributed by atoms with Crippen molar-refractivity contribution < 1.29 is 18.0 Å². The number of hydrogen-bond acceptors (Lipinski definition) is 4. The van der Waals surface area contributed by atoms with E-state index in [1.165, 1.54) is 56.7 Å². The molecule has 3 heterocycles. The summed E-state index contributed by atoms with van der Waals surface area (Å²) in [7, 11) is 0. The molecule has 2 aliphatic heterocycles. The summed E-state index contributed by atoms with van der Waals surface area (Å²) in [5.74, 6) is 0.854. The van der Waals surface area contributed by atoms with Gasteiger partial charge in [0.05, 0.1) is 5.56 Å². The molecule has 5 rings (SSSR count). The average molecular weight is 527 g/mol. The molecule has 0 radical (unpaired) electrons. The first-order chi connectivity index (χ1) is 18.4. The first-order valence-electron chi connectivity index (χ1n) is 14.0. The first-order valence-corrected chi connectivity index (χ1v) is 14.0. The van der Waals surface area contributed by atoms with Gasteiger partial charge in [-0.25, -0.2) is 4.98 Å². The SMILES string of the molecule is O=C(C=Cc1ccc(C(F)(F)F)cc1)N(Cc1ccnc(N2CCCC2)c1)C1CCN(C2CCCC2)CC1. The van der Waals surface area contributed by atoms with Crippen LogP contribution >= 0.6 is 0 Å². The molecule has 38 heavy (non-hydrogen) atoms. The second-order valence-electron chi connectivity index (χ2n) is 10.8. The summed E-state index contributed by atoms with van der Waals surface area (Å²) in [6, 6.07) is 9.80. The summed E-state index contributed by atoms with van der Waals surface area (Å²) in [6.45, 7) is 4.50. The van der Waals surface area contributed by atoms with Gasteiger partial charge in [0.25, 0.3) is 0 Å². The summed E-state index contributed by atoms with van der Waals surface area (Å²) < 4.78 is 38.7. The van der Waals surface area contributed by atoms with Crippen LogP contribution in [0, 0.1) is 0 Å². The number of likely N-dealkylation sites (tertiary alicyclic amines) is 1. The number of benzene rings is 1. The van der Waals surface area contributed by atoms with Crippen molar-refractivity contribution in [3.63, 3.8) is 0 Å². The molecule has 1 aromatic heterocycles. The number of carbonyl (C=O) groups excluding carboxylic acids is 1. The molecule has 0 atom stereocenters. The molecule has 3 fully saturated rings. The Hall–Kier alpha value is -2.87. The molecule has 1 aliphatic carbocycles. The van der Waals surface area contributed by atoms with Crippen LogP contribution < -0.4 is 4.90 Å². The van der Waals surface area contributed by atoms with Crippen molar-refractivity contribution in [3.05, 3.63) is 65.4 Å². The predicted molar refractivity (Wildman–Crippen MR) is 144 cm³/mol. The Labute approximate surface area is 223 Å². The van der Waals surface area contributed by atoms with Gasteiger partial charge in [0.15, 0.2) is 0 Å². The van der Waals surface area contributed by atoms with Crippen LogP contribution in [0.4, 0.5) is 19.0 Å². The molecule has 0 bridgehead atoms. The van der Waals surface area contributed by atoms with Gasteiger partial charge < -0.3 is 14.7 Å². The lowest BCUT2D eigenvalue weighted by Gasteiger charge is -2.40. The van der Waals surface area contributed by atoms with E-state index in [2.05, 4.69) is 20.9 Å². The molecule has 204 valence electrons. The number of pyridine rings is 1. The van der Waals surface area contributed by atoms with Crippen molar-refractivity contribution in [3.8, 4) is 0 Å². The van der Waals surface area contributed by atoms with E-state index in [1.54, 1.807) is 6.08 Å². The van der Waals surface area contributed by atoms with Gasteiger partial charge in [-0.3, -0.25) is 4.79 Å². The Bertz CT molecular complexity index is 1100. The Balaban J connectivity index is 1.31. The normalized spacial score (nSPS) is 20.0. The van der Waals surface area contributed by atoms with Crippen molar-refractivity contribution in [2.45, 2.75) is 76.2 Å². The van der Waals surface area contributed by atoms with Crippen LogP contribution in [0.1, 0.15) is 68.1 Å². The van der Waals surface area contributed by atoms with Gasteiger partial charge in [0.1, 0.15) is 5.82 Å². The Morgan fingerprint density at radius 3 is 2.29 bits per heavy atom. The summed E-state index contributed by atoms with van der Waals surface area (Å²) in [4.78, 5) is 25.0. The van der Waals surface area contributed by atoms with Crippen molar-refractivity contribution in [2.24, 2.45) is 0 Å². The van der Waals surface area contributed by atoms with Crippen molar-refractivity contribution in [1.82, 2.24) is 14.8 Å². The average Bonchev–Trinajstić information content (AvgIpc) is 3.66. The Morgan fingerprint density at radius 1 is 0.947 bits per heavy atom. The maximum absolute atomic E-state index is 13.5. The van der Waals surface area contributed by atoms with Crippen LogP contribution in [0.2, 0.25) is 0 Å². The molecule has 0 spiro atoms. The maximum atomic E-state index is 13.5. The summed E-state index contributed by atoms with van der Waals surface area (Å²) in [5.41, 5.74) is 0.933. The fourth-order valence-corrected chi connectivity index (χ4v) is 6.14. The number of rotatable bonds is 7. The molecule has 0 N–H and O–H groups in total. The molecule has 2 aromatic rings.